The van der Waals surface area contributed by atoms with Crippen molar-refractivity contribution in [1.82, 2.24) is 20.2 Å². The third-order valence-electron chi connectivity index (χ3n) is 3.64. The van der Waals surface area contributed by atoms with E-state index in [1.807, 2.05) is 48.5 Å². The highest BCUT2D eigenvalue weighted by Crippen LogP contribution is 2.21. The summed E-state index contributed by atoms with van der Waals surface area (Å²) in [5.41, 5.74) is 1.65. The molecule has 0 saturated carbocycles. The number of fused-ring (bicyclic) bond motifs is 1. The van der Waals surface area contributed by atoms with Gasteiger partial charge in [-0.3, -0.25) is 4.79 Å². The van der Waals surface area contributed by atoms with Gasteiger partial charge >= 0.3 is 0 Å². The van der Waals surface area contributed by atoms with E-state index in [1.54, 1.807) is 6.07 Å². The Morgan fingerprint density at radius 1 is 1.00 bits per heavy atom. The largest absolute Gasteiger partial charge is 0.416 e. The van der Waals surface area contributed by atoms with Gasteiger partial charge in [-0.2, -0.15) is 0 Å². The van der Waals surface area contributed by atoms with Crippen molar-refractivity contribution in [2.24, 2.45) is 0 Å². The molecule has 1 N–H and O–H groups in total. The Hall–Kier alpha value is -2.93. The average molecular weight is 350 g/mol. The van der Waals surface area contributed by atoms with Crippen LogP contribution < -0.4 is 5.56 Å². The number of H-pyrrole nitrogens is 1. The lowest BCUT2D eigenvalue weighted by molar-refractivity contribution is 0.420. The van der Waals surface area contributed by atoms with Crippen molar-refractivity contribution in [1.29, 1.82) is 0 Å². The van der Waals surface area contributed by atoms with Crippen LogP contribution in [-0.2, 0) is 12.2 Å². The van der Waals surface area contributed by atoms with Crippen molar-refractivity contribution in [3.05, 3.63) is 82.2 Å². The Morgan fingerprint density at radius 3 is 2.68 bits per heavy atom. The van der Waals surface area contributed by atoms with Crippen molar-refractivity contribution in [3.63, 3.8) is 0 Å². The summed E-state index contributed by atoms with van der Waals surface area (Å²) in [6.07, 6.45) is 0.597. The van der Waals surface area contributed by atoms with Crippen molar-refractivity contribution >= 4 is 22.7 Å². The summed E-state index contributed by atoms with van der Waals surface area (Å²) in [5, 5.41) is 9.14. The number of rotatable bonds is 5. The molecule has 2 aromatic heterocycles. The maximum atomic E-state index is 12.1. The first kappa shape index (κ1) is 15.6. The minimum atomic E-state index is -0.142. The molecular weight excluding hydrogens is 336 g/mol. The first-order chi connectivity index (χ1) is 12.3. The second-order valence-corrected chi connectivity index (χ2v) is 6.37. The Kier molecular flexibility index (Phi) is 4.30. The van der Waals surface area contributed by atoms with Gasteiger partial charge in [0.2, 0.25) is 5.89 Å². The van der Waals surface area contributed by atoms with E-state index >= 15 is 0 Å². The molecule has 6 nitrogen and oxygen atoms in total. The molecule has 0 aliphatic heterocycles. The summed E-state index contributed by atoms with van der Waals surface area (Å²) in [7, 11) is 0. The molecule has 2 heterocycles. The van der Waals surface area contributed by atoms with Gasteiger partial charge in [0.25, 0.3) is 10.8 Å². The minimum absolute atomic E-state index is 0.142. The van der Waals surface area contributed by atoms with E-state index in [1.165, 1.54) is 11.8 Å². The van der Waals surface area contributed by atoms with E-state index in [0.29, 0.717) is 40.0 Å². The van der Waals surface area contributed by atoms with Crippen molar-refractivity contribution in [2.45, 2.75) is 17.4 Å². The first-order valence-corrected chi connectivity index (χ1v) is 8.73. The van der Waals surface area contributed by atoms with Gasteiger partial charge in [0.15, 0.2) is 0 Å². The molecule has 4 rings (SSSR count). The second kappa shape index (κ2) is 6.90. The number of hydrogen-bond acceptors (Lipinski definition) is 6. The second-order valence-electron chi connectivity index (χ2n) is 5.44. The van der Waals surface area contributed by atoms with E-state index < -0.39 is 0 Å². The predicted octanol–water partition coefficient (Wildman–Crippen LogP) is 3.19. The topological polar surface area (TPSA) is 84.7 Å². The van der Waals surface area contributed by atoms with E-state index in [4.69, 9.17) is 4.42 Å². The molecule has 0 atom stereocenters. The molecule has 7 heteroatoms. The van der Waals surface area contributed by atoms with E-state index in [9.17, 15) is 4.79 Å². The van der Waals surface area contributed by atoms with Crippen molar-refractivity contribution < 1.29 is 4.42 Å². The van der Waals surface area contributed by atoms with Crippen LogP contribution in [0.3, 0.4) is 0 Å². The zero-order valence-corrected chi connectivity index (χ0v) is 14.0. The number of thioether (sulfide) groups is 1. The Balaban J connectivity index is 1.46. The number of nitrogens with one attached hydrogen (secondary N) is 1. The fourth-order valence-electron chi connectivity index (χ4n) is 2.47. The summed E-state index contributed by atoms with van der Waals surface area (Å²) in [6, 6.07) is 17.2. The summed E-state index contributed by atoms with van der Waals surface area (Å²) in [5.74, 6) is 1.60. The minimum Gasteiger partial charge on any atom is -0.416 e. The predicted molar refractivity (Wildman–Crippen MR) is 95.5 cm³/mol. The summed E-state index contributed by atoms with van der Waals surface area (Å²) >= 11 is 1.35. The van der Waals surface area contributed by atoms with Crippen LogP contribution in [0.25, 0.3) is 10.9 Å². The molecule has 0 spiro atoms. The SMILES string of the molecule is O=c1[nH]c(CSc2nnc(Cc3ccccc3)o2)nc2ccccc12. The van der Waals surface area contributed by atoms with Crippen molar-refractivity contribution in [3.8, 4) is 0 Å². The van der Waals surface area contributed by atoms with E-state index in [0.717, 1.165) is 5.56 Å². The average Bonchev–Trinajstić information content (AvgIpc) is 3.08. The molecule has 0 aliphatic carbocycles. The van der Waals surface area contributed by atoms with Gasteiger partial charge in [-0.15, -0.1) is 10.2 Å². The maximum Gasteiger partial charge on any atom is 0.277 e. The van der Waals surface area contributed by atoms with Crippen LogP contribution in [0, 0.1) is 0 Å². The highest BCUT2D eigenvalue weighted by Gasteiger charge is 2.09. The van der Waals surface area contributed by atoms with Gasteiger partial charge in [-0.25, -0.2) is 4.98 Å². The number of hydrogen-bond donors (Lipinski definition) is 1. The summed E-state index contributed by atoms with van der Waals surface area (Å²) < 4.78 is 5.65. The van der Waals surface area contributed by atoms with Gasteiger partial charge in [0.05, 0.1) is 23.1 Å². The van der Waals surface area contributed by atoms with E-state index in [-0.39, 0.29) is 5.56 Å². The van der Waals surface area contributed by atoms with Crippen LogP contribution in [0.4, 0.5) is 0 Å². The number of benzene rings is 2. The molecule has 0 bridgehead atoms. The fourth-order valence-corrected chi connectivity index (χ4v) is 3.12. The molecule has 0 amide bonds. The van der Waals surface area contributed by atoms with Crippen LogP contribution in [0.5, 0.6) is 0 Å². The zero-order chi connectivity index (χ0) is 17.1. The number of aromatic nitrogens is 4. The van der Waals surface area contributed by atoms with Gasteiger partial charge in [0, 0.05) is 0 Å². The third-order valence-corrected chi connectivity index (χ3v) is 4.47. The smallest absolute Gasteiger partial charge is 0.277 e. The Labute approximate surface area is 147 Å². The number of para-hydroxylation sites is 1. The van der Waals surface area contributed by atoms with Crippen LogP contribution in [0.2, 0.25) is 0 Å². The Morgan fingerprint density at radius 2 is 1.80 bits per heavy atom. The number of aromatic amines is 1. The quantitative estimate of drug-likeness (QED) is 0.557. The van der Waals surface area contributed by atoms with Gasteiger partial charge in [-0.1, -0.05) is 54.2 Å². The summed E-state index contributed by atoms with van der Waals surface area (Å²) in [6.45, 7) is 0. The molecule has 0 unspecified atom stereocenters. The van der Waals surface area contributed by atoms with Gasteiger partial charge in [-0.05, 0) is 17.7 Å². The summed E-state index contributed by atoms with van der Waals surface area (Å²) in [4.78, 5) is 19.3. The molecule has 0 aliphatic rings. The lowest BCUT2D eigenvalue weighted by Gasteiger charge is -2.01. The molecule has 124 valence electrons. The van der Waals surface area contributed by atoms with Crippen LogP contribution in [-0.4, -0.2) is 20.2 Å². The Bertz CT molecular complexity index is 1060. The van der Waals surface area contributed by atoms with Crippen molar-refractivity contribution in [2.75, 3.05) is 0 Å². The highest BCUT2D eigenvalue weighted by atomic mass is 32.2. The van der Waals surface area contributed by atoms with Gasteiger partial charge in [0.1, 0.15) is 5.82 Å². The normalized spacial score (nSPS) is 11.0. The molecular formula is C18H14N4O2S. The fraction of sp³-hybridized carbons (Fsp3) is 0.111. The highest BCUT2D eigenvalue weighted by molar-refractivity contribution is 7.98. The zero-order valence-electron chi connectivity index (χ0n) is 13.2. The molecule has 0 saturated heterocycles. The molecule has 4 aromatic rings. The monoisotopic (exact) mass is 350 g/mol. The lowest BCUT2D eigenvalue weighted by Crippen LogP contribution is -2.11. The third kappa shape index (κ3) is 3.61. The molecule has 0 radical (unpaired) electrons. The first-order valence-electron chi connectivity index (χ1n) is 7.75. The van der Waals surface area contributed by atoms with Crippen LogP contribution in [0.1, 0.15) is 17.3 Å². The number of nitrogens with zero attached hydrogens (tertiary/aromatic N) is 3. The molecule has 0 fully saturated rings. The van der Waals surface area contributed by atoms with E-state index in [2.05, 4.69) is 20.2 Å². The van der Waals surface area contributed by atoms with Crippen LogP contribution >= 0.6 is 11.8 Å². The molecule has 2 aromatic carbocycles. The van der Waals surface area contributed by atoms with Gasteiger partial charge < -0.3 is 9.40 Å². The van der Waals surface area contributed by atoms with Crippen LogP contribution in [0.15, 0.2) is 69.0 Å². The maximum absolute atomic E-state index is 12.1. The molecule has 25 heavy (non-hydrogen) atoms. The lowest BCUT2D eigenvalue weighted by atomic mass is 10.2. The standard InChI is InChI=1S/C18H14N4O2S/c23-17-13-8-4-5-9-14(13)19-15(20-17)11-25-18-22-21-16(24-18)10-12-6-2-1-3-7-12/h1-9H,10-11H2,(H,19,20,23).